The van der Waals surface area contributed by atoms with Gasteiger partial charge in [0.15, 0.2) is 5.15 Å². The van der Waals surface area contributed by atoms with E-state index in [0.29, 0.717) is 11.2 Å². The molecule has 72 valence electrons. The number of hydrogen-bond acceptors (Lipinski definition) is 2. The fourth-order valence-electron chi connectivity index (χ4n) is 1.87. The third-order valence-corrected chi connectivity index (χ3v) is 3.07. The van der Waals surface area contributed by atoms with Crippen LogP contribution in [0.4, 0.5) is 0 Å². The second-order valence-electron chi connectivity index (χ2n) is 3.57. The highest BCUT2D eigenvalue weighted by molar-refractivity contribution is 6.33. The predicted molar refractivity (Wildman–Crippen MR) is 56.5 cm³/mol. The fraction of sp³-hybridized carbons (Fsp3) is 0.300. The molecule has 0 unspecified atom stereocenters. The molecule has 4 heteroatoms. The van der Waals surface area contributed by atoms with Gasteiger partial charge in [-0.05, 0) is 24.6 Å². The lowest BCUT2D eigenvalue weighted by atomic mass is 9.97. The minimum absolute atomic E-state index is 0.457. The highest BCUT2D eigenvalue weighted by Gasteiger charge is 2.21. The molecule has 3 heterocycles. The lowest BCUT2D eigenvalue weighted by Gasteiger charge is -2.28. The number of nitrogens with one attached hydrogen (secondary N) is 2. The van der Waals surface area contributed by atoms with Crippen LogP contribution in [0.2, 0.25) is 5.15 Å². The van der Waals surface area contributed by atoms with E-state index in [0.717, 1.165) is 12.1 Å². The number of pyridine rings is 1. The van der Waals surface area contributed by atoms with Gasteiger partial charge in [0, 0.05) is 23.8 Å². The van der Waals surface area contributed by atoms with Crippen molar-refractivity contribution in [1.82, 2.24) is 15.3 Å². The molecule has 3 nitrogen and oxygen atoms in total. The Morgan fingerprint density at radius 3 is 3.07 bits per heavy atom. The molecule has 0 amide bonds. The summed E-state index contributed by atoms with van der Waals surface area (Å²) >= 11 is 5.97. The molecule has 0 aliphatic carbocycles. The number of halogens is 1. The summed E-state index contributed by atoms with van der Waals surface area (Å²) in [4.78, 5) is 7.29. The molecule has 1 atom stereocenters. The van der Waals surface area contributed by atoms with E-state index in [1.807, 2.05) is 12.4 Å². The van der Waals surface area contributed by atoms with Gasteiger partial charge < -0.3 is 10.3 Å². The molecule has 2 N–H and O–H groups in total. The van der Waals surface area contributed by atoms with Crippen molar-refractivity contribution in [2.75, 3.05) is 6.54 Å². The average Bonchev–Trinajstić information content (AvgIpc) is 2.55. The molecule has 2 aromatic heterocycles. The van der Waals surface area contributed by atoms with E-state index in [-0.39, 0.29) is 0 Å². The lowest BCUT2D eigenvalue weighted by molar-refractivity contribution is 0.385. The van der Waals surface area contributed by atoms with Gasteiger partial charge in [-0.3, -0.25) is 0 Å². The smallest absolute Gasteiger partial charge is 0.153 e. The van der Waals surface area contributed by atoms with Crippen molar-refractivity contribution in [2.45, 2.75) is 12.5 Å². The van der Waals surface area contributed by atoms with Gasteiger partial charge in [0.2, 0.25) is 0 Å². The Morgan fingerprint density at radius 1 is 1.50 bits per heavy atom. The normalized spacial score (nSPS) is 21.1. The molecule has 0 spiro atoms. The van der Waals surface area contributed by atoms with E-state index in [2.05, 4.69) is 21.4 Å². The van der Waals surface area contributed by atoms with E-state index >= 15 is 0 Å². The maximum Gasteiger partial charge on any atom is 0.153 e. The molecule has 14 heavy (non-hydrogen) atoms. The average molecular weight is 208 g/mol. The fourth-order valence-corrected chi connectivity index (χ4v) is 2.08. The summed E-state index contributed by atoms with van der Waals surface area (Å²) in [6.07, 6.45) is 4.96. The molecule has 2 aromatic rings. The first-order valence-corrected chi connectivity index (χ1v) is 5.09. The third kappa shape index (κ3) is 1.06. The van der Waals surface area contributed by atoms with Crippen LogP contribution in [0.1, 0.15) is 18.0 Å². The van der Waals surface area contributed by atoms with Crippen molar-refractivity contribution < 1.29 is 0 Å². The number of H-pyrrole nitrogens is 1. The zero-order valence-electron chi connectivity index (χ0n) is 7.55. The van der Waals surface area contributed by atoms with E-state index < -0.39 is 0 Å². The Hall–Kier alpha value is -1.06. The summed E-state index contributed by atoms with van der Waals surface area (Å²) in [5.74, 6) is 0. The van der Waals surface area contributed by atoms with Gasteiger partial charge in [-0.25, -0.2) is 4.98 Å². The molecule has 1 fully saturated rings. The second-order valence-corrected chi connectivity index (χ2v) is 3.92. The Labute approximate surface area is 86.5 Å². The van der Waals surface area contributed by atoms with Crippen LogP contribution in [0.3, 0.4) is 0 Å². The van der Waals surface area contributed by atoms with Crippen LogP contribution < -0.4 is 5.32 Å². The Morgan fingerprint density at radius 2 is 2.36 bits per heavy atom. The first-order chi connectivity index (χ1) is 6.86. The molecular formula is C10H10ClN3. The Bertz CT molecular complexity index is 473. The molecular weight excluding hydrogens is 198 g/mol. The zero-order valence-corrected chi connectivity index (χ0v) is 8.30. The standard InChI is InChI=1S/C10H10ClN3/c11-10-9-6(1-3-13-9)7(5-14-10)8-2-4-12-8/h1,3,5,8,12-13H,2,4H2/t8-/m0/s1. The summed E-state index contributed by atoms with van der Waals surface area (Å²) in [5.41, 5.74) is 2.19. The summed E-state index contributed by atoms with van der Waals surface area (Å²) in [6, 6.07) is 2.51. The summed E-state index contributed by atoms with van der Waals surface area (Å²) in [7, 11) is 0. The van der Waals surface area contributed by atoms with Gasteiger partial charge in [-0.15, -0.1) is 0 Å². The Balaban J connectivity index is 2.23. The van der Waals surface area contributed by atoms with Crippen molar-refractivity contribution in [2.24, 2.45) is 0 Å². The van der Waals surface area contributed by atoms with Gasteiger partial charge in [0.05, 0.1) is 5.52 Å². The van der Waals surface area contributed by atoms with Crippen LogP contribution in [0.5, 0.6) is 0 Å². The van der Waals surface area contributed by atoms with Gasteiger partial charge in [0.25, 0.3) is 0 Å². The van der Waals surface area contributed by atoms with Gasteiger partial charge in [-0.2, -0.15) is 0 Å². The van der Waals surface area contributed by atoms with Crippen LogP contribution >= 0.6 is 11.6 Å². The SMILES string of the molecule is Clc1ncc([C@@H]2CCN2)c2cc[nH]c12. The van der Waals surface area contributed by atoms with Crippen LogP contribution in [0.15, 0.2) is 18.5 Å². The van der Waals surface area contributed by atoms with E-state index in [1.165, 1.54) is 17.4 Å². The summed E-state index contributed by atoms with van der Waals surface area (Å²) in [6.45, 7) is 1.10. The van der Waals surface area contributed by atoms with Crippen LogP contribution in [-0.4, -0.2) is 16.5 Å². The number of hydrogen-bond donors (Lipinski definition) is 2. The van der Waals surface area contributed by atoms with Crippen LogP contribution in [0, 0.1) is 0 Å². The minimum atomic E-state index is 0.457. The largest absolute Gasteiger partial charge is 0.359 e. The molecule has 0 radical (unpaired) electrons. The van der Waals surface area contributed by atoms with Crippen molar-refractivity contribution in [1.29, 1.82) is 0 Å². The van der Waals surface area contributed by atoms with E-state index in [9.17, 15) is 0 Å². The molecule has 0 aromatic carbocycles. The third-order valence-electron chi connectivity index (χ3n) is 2.78. The van der Waals surface area contributed by atoms with E-state index in [4.69, 9.17) is 11.6 Å². The lowest BCUT2D eigenvalue weighted by Crippen LogP contribution is -2.35. The first kappa shape index (κ1) is 8.26. The Kier molecular flexibility index (Phi) is 1.75. The van der Waals surface area contributed by atoms with Crippen molar-refractivity contribution in [3.05, 3.63) is 29.2 Å². The first-order valence-electron chi connectivity index (χ1n) is 4.71. The maximum absolute atomic E-state index is 5.97. The van der Waals surface area contributed by atoms with Crippen molar-refractivity contribution >= 4 is 22.5 Å². The van der Waals surface area contributed by atoms with Gasteiger partial charge in [0.1, 0.15) is 0 Å². The van der Waals surface area contributed by atoms with Crippen LogP contribution in [0.25, 0.3) is 10.9 Å². The monoisotopic (exact) mass is 207 g/mol. The predicted octanol–water partition coefficient (Wildman–Crippen LogP) is 2.25. The summed E-state index contributed by atoms with van der Waals surface area (Å²) in [5, 5.41) is 5.10. The number of aromatic nitrogens is 2. The highest BCUT2D eigenvalue weighted by atomic mass is 35.5. The zero-order chi connectivity index (χ0) is 9.54. The topological polar surface area (TPSA) is 40.7 Å². The van der Waals surface area contributed by atoms with Crippen LogP contribution in [-0.2, 0) is 0 Å². The number of nitrogens with zero attached hydrogens (tertiary/aromatic N) is 1. The summed E-state index contributed by atoms with van der Waals surface area (Å²) < 4.78 is 0. The van der Waals surface area contributed by atoms with Crippen molar-refractivity contribution in [3.8, 4) is 0 Å². The van der Waals surface area contributed by atoms with E-state index in [1.54, 1.807) is 0 Å². The molecule has 1 aliphatic rings. The number of aromatic amines is 1. The van der Waals surface area contributed by atoms with Gasteiger partial charge in [-0.1, -0.05) is 11.6 Å². The van der Waals surface area contributed by atoms with Crippen molar-refractivity contribution in [3.63, 3.8) is 0 Å². The molecule has 0 bridgehead atoms. The quantitative estimate of drug-likeness (QED) is 0.705. The van der Waals surface area contributed by atoms with Gasteiger partial charge >= 0.3 is 0 Å². The highest BCUT2D eigenvalue weighted by Crippen LogP contribution is 2.31. The minimum Gasteiger partial charge on any atom is -0.359 e. The maximum atomic E-state index is 5.97. The number of fused-ring (bicyclic) bond motifs is 1. The second kappa shape index (κ2) is 2.97. The number of rotatable bonds is 1. The molecule has 3 rings (SSSR count). The molecule has 0 saturated carbocycles. The molecule has 1 aliphatic heterocycles. The molecule has 1 saturated heterocycles.